The lowest BCUT2D eigenvalue weighted by atomic mass is 9.66. The van der Waals surface area contributed by atoms with Crippen molar-refractivity contribution in [2.75, 3.05) is 4.90 Å². The molecule has 2 heteroatoms. The van der Waals surface area contributed by atoms with E-state index in [1.54, 1.807) is 5.57 Å². The van der Waals surface area contributed by atoms with Gasteiger partial charge >= 0.3 is 0 Å². The molecule has 0 saturated carbocycles. The number of unbranched alkanes of at least 4 members (excludes halogenated alkanes) is 6. The van der Waals surface area contributed by atoms with Crippen LogP contribution in [0.2, 0.25) is 0 Å². The lowest BCUT2D eigenvalue weighted by Gasteiger charge is -2.36. The highest BCUT2D eigenvalue weighted by Crippen LogP contribution is 2.65. The Morgan fingerprint density at radius 2 is 1.08 bits per heavy atom. The Kier molecular flexibility index (Phi) is 12.8. The minimum Gasteiger partial charge on any atom is -0.310 e. The predicted molar refractivity (Wildman–Crippen MR) is 280 cm³/mol. The summed E-state index contributed by atoms with van der Waals surface area (Å²) >= 11 is 3.76. The number of para-hydroxylation sites is 1. The van der Waals surface area contributed by atoms with E-state index in [-0.39, 0.29) is 10.8 Å². The minimum absolute atomic E-state index is 0.108. The second kappa shape index (κ2) is 18.5. The number of nitrogens with zero attached hydrogens (tertiary/aromatic N) is 1. The number of hydrogen-bond donors (Lipinski definition) is 0. The molecular weight excluding hydrogens is 839 g/mol. The van der Waals surface area contributed by atoms with Crippen molar-refractivity contribution in [1.29, 1.82) is 0 Å². The van der Waals surface area contributed by atoms with Crippen molar-refractivity contribution in [3.05, 3.63) is 189 Å². The van der Waals surface area contributed by atoms with Gasteiger partial charge in [-0.1, -0.05) is 212 Å². The fourth-order valence-electron chi connectivity index (χ4n) is 11.7. The molecule has 0 saturated heterocycles. The summed E-state index contributed by atoms with van der Waals surface area (Å²) in [7, 11) is 0. The van der Waals surface area contributed by atoms with Crippen molar-refractivity contribution in [1.82, 2.24) is 0 Å². The number of anilines is 3. The van der Waals surface area contributed by atoms with Gasteiger partial charge in [-0.05, 0) is 147 Å². The molecule has 0 N–H and O–H groups in total. The van der Waals surface area contributed by atoms with E-state index in [0.29, 0.717) is 0 Å². The fourth-order valence-corrected chi connectivity index (χ4v) is 11.9. The van der Waals surface area contributed by atoms with Crippen molar-refractivity contribution in [3.8, 4) is 22.3 Å². The van der Waals surface area contributed by atoms with Crippen LogP contribution in [0.4, 0.5) is 17.1 Å². The third-order valence-corrected chi connectivity index (χ3v) is 16.4. The summed E-state index contributed by atoms with van der Waals surface area (Å²) in [5, 5.41) is 0. The molecule has 6 aromatic rings. The van der Waals surface area contributed by atoms with Gasteiger partial charge in [0.15, 0.2) is 0 Å². The van der Waals surface area contributed by atoms with Crippen molar-refractivity contribution in [2.24, 2.45) is 0 Å². The summed E-state index contributed by atoms with van der Waals surface area (Å²) in [5.74, 6) is 0. The van der Waals surface area contributed by atoms with Crippen molar-refractivity contribution >= 4 is 38.6 Å². The topological polar surface area (TPSA) is 3.24 Å². The molecule has 0 heterocycles. The lowest BCUT2D eigenvalue weighted by molar-refractivity contribution is 0.395. The molecule has 0 bridgehead atoms. The van der Waals surface area contributed by atoms with Crippen LogP contribution < -0.4 is 4.90 Å². The van der Waals surface area contributed by atoms with Crippen molar-refractivity contribution < 1.29 is 0 Å². The molecule has 3 aliphatic rings. The second-order valence-electron chi connectivity index (χ2n) is 19.6. The number of halogens is 1. The first-order chi connectivity index (χ1) is 31.2. The number of rotatable bonds is 18. The van der Waals surface area contributed by atoms with Gasteiger partial charge in [-0.2, -0.15) is 0 Å². The Morgan fingerprint density at radius 1 is 0.531 bits per heavy atom. The highest BCUT2D eigenvalue weighted by molar-refractivity contribution is 9.10. The Morgan fingerprint density at radius 3 is 1.67 bits per heavy atom. The molecule has 0 aromatic heterocycles. The monoisotopic (exact) mass is 905 g/mol. The summed E-state index contributed by atoms with van der Waals surface area (Å²) in [4.78, 5) is 2.50. The Labute approximate surface area is 393 Å². The number of hydrogen-bond acceptors (Lipinski definition) is 1. The van der Waals surface area contributed by atoms with Gasteiger partial charge in [-0.3, -0.25) is 0 Å². The van der Waals surface area contributed by atoms with E-state index in [9.17, 15) is 0 Å². The molecule has 328 valence electrons. The summed E-state index contributed by atoms with van der Waals surface area (Å²) in [6.45, 7) is 14.6. The summed E-state index contributed by atoms with van der Waals surface area (Å²) in [5.41, 5.74) is 20.3. The van der Waals surface area contributed by atoms with Crippen LogP contribution in [0, 0.1) is 0 Å². The van der Waals surface area contributed by atoms with Gasteiger partial charge in [0, 0.05) is 21.4 Å². The van der Waals surface area contributed by atoms with E-state index < -0.39 is 5.41 Å². The molecular formula is C62H68BrN. The molecule has 1 spiro atoms. The van der Waals surface area contributed by atoms with Crippen LogP contribution in [0.3, 0.4) is 0 Å². The molecule has 6 aromatic carbocycles. The van der Waals surface area contributed by atoms with Gasteiger partial charge in [0.1, 0.15) is 0 Å². The summed E-state index contributed by atoms with van der Waals surface area (Å²) in [6, 6.07) is 51.6. The standard InChI is InChI=1S/C62H68BrN/c1-7-11-13-20-39-60(5,9-3)45-29-36-52-53-37-30-46(61(6,10-4)40-21-14-12-8-2)42-57(53)62(56(52)41-45)55-27-22-26-51(55)54-38-35-49(43-58(54)62)64(48-33-31-47(63)32-34-48)59-28-19-18-25-50(59)44-23-16-15-17-24-44/h15-19,22-26,28-38,41-43H,7-14,20-21,27,39-40H2,1-6H3. The minimum atomic E-state index is -0.404. The molecule has 0 fully saturated rings. The third kappa shape index (κ3) is 7.66. The van der Waals surface area contributed by atoms with E-state index in [1.807, 2.05) is 0 Å². The van der Waals surface area contributed by atoms with Crippen LogP contribution in [0.1, 0.15) is 158 Å². The zero-order valence-electron chi connectivity index (χ0n) is 39.4. The molecule has 9 rings (SSSR count). The van der Waals surface area contributed by atoms with Crippen LogP contribution in [0.15, 0.2) is 156 Å². The first-order valence-corrected chi connectivity index (χ1v) is 25.6. The maximum absolute atomic E-state index is 3.76. The molecule has 0 amide bonds. The van der Waals surface area contributed by atoms with Gasteiger partial charge < -0.3 is 4.90 Å². The molecule has 1 nitrogen and oxygen atoms in total. The highest BCUT2D eigenvalue weighted by Gasteiger charge is 2.54. The van der Waals surface area contributed by atoms with Crippen LogP contribution in [-0.4, -0.2) is 0 Å². The number of benzene rings is 6. The highest BCUT2D eigenvalue weighted by atomic mass is 79.9. The SMILES string of the molecule is CCCCCCC(C)(CC)c1ccc2c(c1)C1(C3=C(C=CC3)c3ccc(N(c4ccc(Br)cc4)c4ccccc4-c4ccccc4)cc31)c1cc(C(C)(CC)CCCCCC)ccc1-2. The van der Waals surface area contributed by atoms with E-state index in [0.717, 1.165) is 29.4 Å². The molecule has 2 atom stereocenters. The third-order valence-electron chi connectivity index (χ3n) is 15.9. The maximum Gasteiger partial charge on any atom is 0.0692 e. The van der Waals surface area contributed by atoms with E-state index in [4.69, 9.17) is 0 Å². The number of fused-ring (bicyclic) bond motifs is 9. The quantitative estimate of drug-likeness (QED) is 0.0777. The van der Waals surface area contributed by atoms with Gasteiger partial charge in [0.2, 0.25) is 0 Å². The molecule has 0 aliphatic heterocycles. The summed E-state index contributed by atoms with van der Waals surface area (Å²) < 4.78 is 1.08. The lowest BCUT2D eigenvalue weighted by Crippen LogP contribution is -2.30. The van der Waals surface area contributed by atoms with Crippen LogP contribution in [0.5, 0.6) is 0 Å². The maximum atomic E-state index is 3.76. The van der Waals surface area contributed by atoms with E-state index in [1.165, 1.54) is 137 Å². The van der Waals surface area contributed by atoms with E-state index in [2.05, 4.69) is 208 Å². The Balaban J connectivity index is 1.29. The van der Waals surface area contributed by atoms with Crippen molar-refractivity contribution in [3.63, 3.8) is 0 Å². The largest absolute Gasteiger partial charge is 0.310 e. The van der Waals surface area contributed by atoms with Gasteiger partial charge in [0.25, 0.3) is 0 Å². The van der Waals surface area contributed by atoms with Crippen molar-refractivity contribution in [2.45, 2.75) is 141 Å². The second-order valence-corrected chi connectivity index (χ2v) is 20.6. The smallest absolute Gasteiger partial charge is 0.0692 e. The molecule has 3 aliphatic carbocycles. The predicted octanol–water partition coefficient (Wildman–Crippen LogP) is 18.9. The molecule has 64 heavy (non-hydrogen) atoms. The van der Waals surface area contributed by atoms with E-state index >= 15 is 0 Å². The Hall–Kier alpha value is -4.92. The fraction of sp³-hybridized carbons (Fsp3) is 0.355. The Bertz CT molecular complexity index is 2610. The number of allylic oxidation sites excluding steroid dienone is 4. The summed E-state index contributed by atoms with van der Waals surface area (Å²) in [6.07, 6.45) is 20.9. The first-order valence-electron chi connectivity index (χ1n) is 24.8. The normalized spacial score (nSPS) is 17.5. The van der Waals surface area contributed by atoms with Gasteiger partial charge in [0.05, 0.1) is 11.1 Å². The zero-order chi connectivity index (χ0) is 44.5. The van der Waals surface area contributed by atoms with Gasteiger partial charge in [-0.25, -0.2) is 0 Å². The van der Waals surface area contributed by atoms with Crippen LogP contribution >= 0.6 is 15.9 Å². The van der Waals surface area contributed by atoms with Crippen LogP contribution in [-0.2, 0) is 16.2 Å². The average molecular weight is 907 g/mol. The van der Waals surface area contributed by atoms with Crippen LogP contribution in [0.25, 0.3) is 27.8 Å². The average Bonchev–Trinajstić information content (AvgIpc) is 4.01. The first kappa shape index (κ1) is 44.3. The molecule has 2 unspecified atom stereocenters. The molecule has 0 radical (unpaired) electrons. The van der Waals surface area contributed by atoms with Gasteiger partial charge in [-0.15, -0.1) is 0 Å². The zero-order valence-corrected chi connectivity index (χ0v) is 41.0.